The van der Waals surface area contributed by atoms with Crippen LogP contribution in [-0.2, 0) is 0 Å². The molecule has 0 amide bonds. The molecule has 3 atom stereocenters. The number of likely N-dealkylation sites (tertiary alicyclic amines) is 1. The van der Waals surface area contributed by atoms with E-state index in [-0.39, 0.29) is 6.10 Å². The highest BCUT2D eigenvalue weighted by molar-refractivity contribution is 4.88. The summed E-state index contributed by atoms with van der Waals surface area (Å²) in [7, 11) is 0. The van der Waals surface area contributed by atoms with E-state index in [0.29, 0.717) is 17.9 Å². The van der Waals surface area contributed by atoms with Crippen LogP contribution in [0.3, 0.4) is 0 Å². The molecule has 2 N–H and O–H groups in total. The summed E-state index contributed by atoms with van der Waals surface area (Å²) in [5.74, 6) is 2.08. The highest BCUT2D eigenvalue weighted by Crippen LogP contribution is 2.36. The van der Waals surface area contributed by atoms with E-state index in [1.54, 1.807) is 0 Å². The zero-order valence-electron chi connectivity index (χ0n) is 13.6. The van der Waals surface area contributed by atoms with Gasteiger partial charge in [-0.05, 0) is 62.9 Å². The third kappa shape index (κ3) is 5.34. The predicted octanol–water partition coefficient (Wildman–Crippen LogP) is 2.49. The second-order valence-electron chi connectivity index (χ2n) is 7.43. The molecule has 0 aromatic heterocycles. The lowest BCUT2D eigenvalue weighted by Crippen LogP contribution is -2.50. The van der Waals surface area contributed by atoms with Crippen LogP contribution in [-0.4, -0.2) is 48.3 Å². The van der Waals surface area contributed by atoms with Gasteiger partial charge in [-0.1, -0.05) is 20.8 Å². The number of hydrogen-bond donors (Lipinski definition) is 2. The standard InChI is InChI=1S/C17H34N2O/c1-4-19-11-14(10-17(20)15-5-6-15)9-16(12-19)18-8-7-13(2)3/h13-18,20H,4-12H2,1-3H3. The Morgan fingerprint density at radius 3 is 2.60 bits per heavy atom. The Morgan fingerprint density at radius 2 is 2.00 bits per heavy atom. The third-order valence-electron chi connectivity index (χ3n) is 4.96. The van der Waals surface area contributed by atoms with Crippen molar-refractivity contribution >= 4 is 0 Å². The van der Waals surface area contributed by atoms with E-state index in [1.807, 2.05) is 0 Å². The van der Waals surface area contributed by atoms with Gasteiger partial charge >= 0.3 is 0 Å². The predicted molar refractivity (Wildman–Crippen MR) is 84.8 cm³/mol. The maximum atomic E-state index is 10.2. The van der Waals surface area contributed by atoms with Crippen molar-refractivity contribution in [2.75, 3.05) is 26.2 Å². The van der Waals surface area contributed by atoms with Crippen molar-refractivity contribution in [2.45, 2.75) is 65.0 Å². The fourth-order valence-electron chi connectivity index (χ4n) is 3.47. The van der Waals surface area contributed by atoms with E-state index in [9.17, 15) is 5.11 Å². The second-order valence-corrected chi connectivity index (χ2v) is 7.43. The van der Waals surface area contributed by atoms with Gasteiger partial charge in [-0.25, -0.2) is 0 Å². The van der Waals surface area contributed by atoms with E-state index in [1.165, 1.54) is 38.8 Å². The second kappa shape index (κ2) is 7.77. The van der Waals surface area contributed by atoms with Crippen LogP contribution in [0.15, 0.2) is 0 Å². The molecule has 1 aliphatic carbocycles. The van der Waals surface area contributed by atoms with Gasteiger partial charge in [-0.3, -0.25) is 0 Å². The van der Waals surface area contributed by atoms with Gasteiger partial charge in [0, 0.05) is 19.1 Å². The summed E-state index contributed by atoms with van der Waals surface area (Å²) in [6.07, 6.45) is 6.00. The molecule has 3 nitrogen and oxygen atoms in total. The van der Waals surface area contributed by atoms with Crippen molar-refractivity contribution in [1.82, 2.24) is 10.2 Å². The Bertz CT molecular complexity index is 278. The number of likely N-dealkylation sites (N-methyl/N-ethyl adjacent to an activating group) is 1. The van der Waals surface area contributed by atoms with Gasteiger partial charge in [0.25, 0.3) is 0 Å². The largest absolute Gasteiger partial charge is 0.393 e. The first-order chi connectivity index (χ1) is 9.58. The van der Waals surface area contributed by atoms with Crippen LogP contribution in [0.1, 0.15) is 52.9 Å². The minimum absolute atomic E-state index is 0.0341. The van der Waals surface area contributed by atoms with E-state index in [0.717, 1.165) is 25.4 Å². The van der Waals surface area contributed by atoms with Crippen LogP contribution >= 0.6 is 0 Å². The number of nitrogens with one attached hydrogen (secondary N) is 1. The number of piperidine rings is 1. The smallest absolute Gasteiger partial charge is 0.0571 e. The van der Waals surface area contributed by atoms with Crippen molar-refractivity contribution in [1.29, 1.82) is 0 Å². The number of nitrogens with zero attached hydrogens (tertiary/aromatic N) is 1. The first kappa shape index (κ1) is 16.3. The normalized spacial score (nSPS) is 29.9. The zero-order valence-corrected chi connectivity index (χ0v) is 13.6. The Kier molecular flexibility index (Phi) is 6.31. The maximum Gasteiger partial charge on any atom is 0.0571 e. The summed E-state index contributed by atoms with van der Waals surface area (Å²) in [5, 5.41) is 13.9. The monoisotopic (exact) mass is 282 g/mol. The van der Waals surface area contributed by atoms with Crippen LogP contribution < -0.4 is 5.32 Å². The Morgan fingerprint density at radius 1 is 1.25 bits per heavy atom. The molecule has 0 aromatic carbocycles. The fourth-order valence-corrected chi connectivity index (χ4v) is 3.47. The molecule has 20 heavy (non-hydrogen) atoms. The molecule has 1 saturated carbocycles. The highest BCUT2D eigenvalue weighted by Gasteiger charge is 2.34. The lowest BCUT2D eigenvalue weighted by atomic mass is 9.88. The first-order valence-corrected chi connectivity index (χ1v) is 8.72. The SMILES string of the molecule is CCN1CC(CC(O)C2CC2)CC(NCCC(C)C)C1. The average Bonchev–Trinajstić information content (AvgIpc) is 3.22. The molecule has 2 rings (SSSR count). The highest BCUT2D eigenvalue weighted by atomic mass is 16.3. The van der Waals surface area contributed by atoms with E-state index in [2.05, 4.69) is 31.0 Å². The van der Waals surface area contributed by atoms with Crippen LogP contribution in [0.4, 0.5) is 0 Å². The molecule has 1 heterocycles. The number of rotatable bonds is 8. The first-order valence-electron chi connectivity index (χ1n) is 8.72. The van der Waals surface area contributed by atoms with E-state index in [4.69, 9.17) is 0 Å². The molecular formula is C17H34N2O. The summed E-state index contributed by atoms with van der Waals surface area (Å²) >= 11 is 0. The summed E-state index contributed by atoms with van der Waals surface area (Å²) in [6, 6.07) is 0.624. The molecule has 1 aliphatic heterocycles. The quantitative estimate of drug-likeness (QED) is 0.718. The van der Waals surface area contributed by atoms with E-state index >= 15 is 0 Å². The molecule has 3 unspecified atom stereocenters. The summed E-state index contributed by atoms with van der Waals surface area (Å²) in [4.78, 5) is 2.56. The number of aliphatic hydroxyl groups excluding tert-OH is 1. The fraction of sp³-hybridized carbons (Fsp3) is 1.00. The zero-order chi connectivity index (χ0) is 14.5. The maximum absolute atomic E-state index is 10.2. The third-order valence-corrected chi connectivity index (χ3v) is 4.96. The minimum atomic E-state index is -0.0341. The average molecular weight is 282 g/mol. The van der Waals surface area contributed by atoms with E-state index < -0.39 is 0 Å². The van der Waals surface area contributed by atoms with Gasteiger partial charge in [0.15, 0.2) is 0 Å². The molecule has 0 radical (unpaired) electrons. The molecular weight excluding hydrogens is 248 g/mol. The number of hydrogen-bond acceptors (Lipinski definition) is 3. The van der Waals surface area contributed by atoms with Crippen LogP contribution in [0.25, 0.3) is 0 Å². The van der Waals surface area contributed by atoms with Gasteiger partial charge in [0.05, 0.1) is 6.10 Å². The topological polar surface area (TPSA) is 35.5 Å². The lowest BCUT2D eigenvalue weighted by Gasteiger charge is -2.38. The van der Waals surface area contributed by atoms with Crippen LogP contribution in [0.5, 0.6) is 0 Å². The molecule has 0 spiro atoms. The summed E-state index contributed by atoms with van der Waals surface area (Å²) in [6.45, 7) is 11.5. The van der Waals surface area contributed by atoms with Crippen molar-refractivity contribution in [3.8, 4) is 0 Å². The summed E-state index contributed by atoms with van der Waals surface area (Å²) < 4.78 is 0. The number of aliphatic hydroxyl groups is 1. The molecule has 1 saturated heterocycles. The van der Waals surface area contributed by atoms with Gasteiger partial charge in [-0.15, -0.1) is 0 Å². The molecule has 0 bridgehead atoms. The lowest BCUT2D eigenvalue weighted by molar-refractivity contribution is 0.0767. The van der Waals surface area contributed by atoms with Crippen molar-refractivity contribution < 1.29 is 5.11 Å². The Hall–Kier alpha value is -0.120. The molecule has 118 valence electrons. The van der Waals surface area contributed by atoms with Gasteiger partial charge in [-0.2, -0.15) is 0 Å². The van der Waals surface area contributed by atoms with Gasteiger partial charge < -0.3 is 15.3 Å². The molecule has 0 aromatic rings. The van der Waals surface area contributed by atoms with Crippen LogP contribution in [0, 0.1) is 17.8 Å². The molecule has 3 heteroatoms. The van der Waals surface area contributed by atoms with Crippen molar-refractivity contribution in [3.63, 3.8) is 0 Å². The van der Waals surface area contributed by atoms with Gasteiger partial charge in [0.1, 0.15) is 0 Å². The van der Waals surface area contributed by atoms with Crippen molar-refractivity contribution in [2.24, 2.45) is 17.8 Å². The Labute approximate surface area is 125 Å². The minimum Gasteiger partial charge on any atom is -0.393 e. The summed E-state index contributed by atoms with van der Waals surface area (Å²) in [5.41, 5.74) is 0. The van der Waals surface area contributed by atoms with Crippen molar-refractivity contribution in [3.05, 3.63) is 0 Å². The molecule has 2 aliphatic rings. The molecule has 2 fully saturated rings. The Balaban J connectivity index is 1.76. The van der Waals surface area contributed by atoms with Crippen LogP contribution in [0.2, 0.25) is 0 Å². The van der Waals surface area contributed by atoms with Gasteiger partial charge in [0.2, 0.25) is 0 Å².